The Kier molecular flexibility index (Phi) is 7.43. The maximum Gasteiger partial charge on any atom is 0.119 e. The minimum absolute atomic E-state index is 0.154. The molecule has 1 atom stereocenters. The standard InChI is InChI=1S/C32H36FNO2/c1-22-6-3-8-29(23(22)2)31-9-4-7-25-20-26(35)12-15-30(25)32(31)24-10-13-27(14-11-24)36-28-16-19-34(21-28)18-5-17-33/h3,6,8,10-15,20,28,35H,4-5,7,9,16-19,21H2,1-2H3. The average molecular weight is 486 g/mol. The third-order valence-corrected chi connectivity index (χ3v) is 7.75. The minimum Gasteiger partial charge on any atom is -0.508 e. The van der Waals surface area contributed by atoms with Crippen LogP contribution < -0.4 is 4.74 Å². The Bertz CT molecular complexity index is 1250. The summed E-state index contributed by atoms with van der Waals surface area (Å²) in [5, 5.41) is 10.2. The van der Waals surface area contributed by atoms with Crippen LogP contribution in [0.15, 0.2) is 60.7 Å². The zero-order valence-corrected chi connectivity index (χ0v) is 21.4. The zero-order chi connectivity index (χ0) is 25.1. The van der Waals surface area contributed by atoms with Gasteiger partial charge < -0.3 is 9.84 Å². The van der Waals surface area contributed by atoms with E-state index in [0.717, 1.165) is 51.1 Å². The lowest BCUT2D eigenvalue weighted by atomic mass is 9.85. The third-order valence-electron chi connectivity index (χ3n) is 7.75. The molecule has 4 heteroatoms. The molecule has 1 saturated heterocycles. The van der Waals surface area contributed by atoms with Crippen LogP contribution in [0.25, 0.3) is 11.1 Å². The normalized spacial score (nSPS) is 18.2. The number of phenols is 1. The van der Waals surface area contributed by atoms with Gasteiger partial charge in [0.1, 0.15) is 17.6 Å². The molecule has 1 aliphatic carbocycles. The average Bonchev–Trinajstić information content (AvgIpc) is 3.24. The van der Waals surface area contributed by atoms with Gasteiger partial charge in [0.15, 0.2) is 0 Å². The predicted octanol–water partition coefficient (Wildman–Crippen LogP) is 7.12. The van der Waals surface area contributed by atoms with Crippen molar-refractivity contribution in [1.82, 2.24) is 4.90 Å². The van der Waals surface area contributed by atoms with E-state index in [0.29, 0.717) is 12.2 Å². The number of halogens is 1. The van der Waals surface area contributed by atoms with Crippen molar-refractivity contribution in [3.8, 4) is 11.5 Å². The first-order chi connectivity index (χ1) is 17.5. The summed E-state index contributed by atoms with van der Waals surface area (Å²) in [6, 6.07) is 20.9. The van der Waals surface area contributed by atoms with Crippen LogP contribution in [0.2, 0.25) is 0 Å². The molecule has 0 radical (unpaired) electrons. The molecule has 3 aromatic rings. The molecule has 0 bridgehead atoms. The van der Waals surface area contributed by atoms with Gasteiger partial charge in [-0.3, -0.25) is 9.29 Å². The molecule has 1 aliphatic heterocycles. The summed E-state index contributed by atoms with van der Waals surface area (Å²) in [6.45, 7) is 6.77. The summed E-state index contributed by atoms with van der Waals surface area (Å²) in [5.74, 6) is 1.20. The molecule has 5 rings (SSSR count). The van der Waals surface area contributed by atoms with Gasteiger partial charge in [-0.2, -0.15) is 0 Å². The Morgan fingerprint density at radius 1 is 1.00 bits per heavy atom. The smallest absolute Gasteiger partial charge is 0.119 e. The highest BCUT2D eigenvalue weighted by Crippen LogP contribution is 2.42. The Balaban J connectivity index is 1.50. The largest absolute Gasteiger partial charge is 0.508 e. The second kappa shape index (κ2) is 10.9. The fourth-order valence-corrected chi connectivity index (χ4v) is 5.72. The molecule has 3 aromatic carbocycles. The number of likely N-dealkylation sites (tertiary alicyclic amines) is 1. The summed E-state index contributed by atoms with van der Waals surface area (Å²) in [4.78, 5) is 2.29. The molecule has 1 N–H and O–H groups in total. The van der Waals surface area contributed by atoms with Crippen molar-refractivity contribution >= 4 is 11.1 Å². The number of alkyl halides is 1. The Morgan fingerprint density at radius 2 is 1.83 bits per heavy atom. The van der Waals surface area contributed by atoms with Crippen LogP contribution in [0.5, 0.6) is 11.5 Å². The van der Waals surface area contributed by atoms with E-state index < -0.39 is 0 Å². The van der Waals surface area contributed by atoms with Gasteiger partial charge in [-0.1, -0.05) is 36.4 Å². The van der Waals surface area contributed by atoms with Gasteiger partial charge in [-0.05, 0) is 115 Å². The topological polar surface area (TPSA) is 32.7 Å². The summed E-state index contributed by atoms with van der Waals surface area (Å²) >= 11 is 0. The number of fused-ring (bicyclic) bond motifs is 1. The van der Waals surface area contributed by atoms with E-state index in [9.17, 15) is 9.50 Å². The summed E-state index contributed by atoms with van der Waals surface area (Å²) in [7, 11) is 0. The molecule has 0 spiro atoms. The van der Waals surface area contributed by atoms with E-state index in [1.54, 1.807) is 6.07 Å². The number of hydrogen-bond acceptors (Lipinski definition) is 3. The van der Waals surface area contributed by atoms with Gasteiger partial charge in [0, 0.05) is 19.6 Å². The number of aryl methyl sites for hydroxylation is 2. The number of benzene rings is 3. The third kappa shape index (κ3) is 5.19. The number of hydrogen-bond donors (Lipinski definition) is 1. The van der Waals surface area contributed by atoms with E-state index in [1.165, 1.54) is 44.5 Å². The molecule has 0 amide bonds. The first-order valence-corrected chi connectivity index (χ1v) is 13.2. The quantitative estimate of drug-likeness (QED) is 0.387. The van der Waals surface area contributed by atoms with Gasteiger partial charge >= 0.3 is 0 Å². The number of allylic oxidation sites excluding steroid dienone is 1. The monoisotopic (exact) mass is 485 g/mol. The first-order valence-electron chi connectivity index (χ1n) is 13.2. The van der Waals surface area contributed by atoms with Gasteiger partial charge in [0.25, 0.3) is 0 Å². The van der Waals surface area contributed by atoms with Crippen LogP contribution in [0.4, 0.5) is 4.39 Å². The second-order valence-corrected chi connectivity index (χ2v) is 10.2. The Hall–Kier alpha value is -3.11. The molecule has 36 heavy (non-hydrogen) atoms. The van der Waals surface area contributed by atoms with Crippen LogP contribution in [-0.2, 0) is 6.42 Å². The highest BCUT2D eigenvalue weighted by molar-refractivity contribution is 6.00. The summed E-state index contributed by atoms with van der Waals surface area (Å²) in [5.41, 5.74) is 10.1. The van der Waals surface area contributed by atoms with Crippen molar-refractivity contribution in [1.29, 1.82) is 0 Å². The maximum atomic E-state index is 12.5. The van der Waals surface area contributed by atoms with E-state index in [2.05, 4.69) is 67.3 Å². The number of aromatic hydroxyl groups is 1. The Labute approximate surface area is 214 Å². The van der Waals surface area contributed by atoms with Crippen LogP contribution in [0.3, 0.4) is 0 Å². The van der Waals surface area contributed by atoms with Crippen LogP contribution in [-0.4, -0.2) is 42.4 Å². The van der Waals surface area contributed by atoms with E-state index in [4.69, 9.17) is 4.74 Å². The van der Waals surface area contributed by atoms with E-state index >= 15 is 0 Å². The number of rotatable bonds is 7. The SMILES string of the molecule is Cc1cccc(C2=C(c3ccc(OC4CCN(CCCF)C4)cc3)c3ccc(O)cc3CCC2)c1C. The molecule has 1 heterocycles. The highest BCUT2D eigenvalue weighted by Gasteiger charge is 2.24. The molecule has 1 fully saturated rings. The molecule has 2 aliphatic rings. The second-order valence-electron chi connectivity index (χ2n) is 10.2. The Morgan fingerprint density at radius 3 is 2.64 bits per heavy atom. The zero-order valence-electron chi connectivity index (χ0n) is 21.4. The lowest BCUT2D eigenvalue weighted by molar-refractivity contribution is 0.198. The van der Waals surface area contributed by atoms with E-state index in [-0.39, 0.29) is 12.8 Å². The van der Waals surface area contributed by atoms with Crippen molar-refractivity contribution in [2.24, 2.45) is 0 Å². The fourth-order valence-electron chi connectivity index (χ4n) is 5.72. The van der Waals surface area contributed by atoms with Gasteiger partial charge in [-0.15, -0.1) is 0 Å². The molecule has 188 valence electrons. The van der Waals surface area contributed by atoms with Crippen molar-refractivity contribution in [2.75, 3.05) is 26.3 Å². The number of ether oxygens (including phenoxy) is 1. The lowest BCUT2D eigenvalue weighted by Gasteiger charge is -2.20. The minimum atomic E-state index is -0.258. The van der Waals surface area contributed by atoms with E-state index in [1.807, 2.05) is 6.07 Å². The summed E-state index contributed by atoms with van der Waals surface area (Å²) in [6.07, 6.45) is 4.71. The molecule has 1 unspecified atom stereocenters. The fraction of sp³-hybridized carbons (Fsp3) is 0.375. The van der Waals surface area contributed by atoms with Crippen molar-refractivity contribution in [3.05, 3.63) is 94.0 Å². The molecule has 0 aromatic heterocycles. The van der Waals surface area contributed by atoms with Gasteiger partial charge in [0.05, 0.1) is 6.67 Å². The van der Waals surface area contributed by atoms with Crippen LogP contribution in [0.1, 0.15) is 59.1 Å². The first kappa shape index (κ1) is 24.6. The van der Waals surface area contributed by atoms with Crippen molar-refractivity contribution < 1.29 is 14.2 Å². The van der Waals surface area contributed by atoms with Crippen molar-refractivity contribution in [2.45, 2.75) is 52.1 Å². The highest BCUT2D eigenvalue weighted by atomic mass is 19.1. The molecule has 0 saturated carbocycles. The van der Waals surface area contributed by atoms with Crippen molar-refractivity contribution in [3.63, 3.8) is 0 Å². The summed E-state index contributed by atoms with van der Waals surface area (Å²) < 4.78 is 18.8. The van der Waals surface area contributed by atoms with Gasteiger partial charge in [0.2, 0.25) is 0 Å². The predicted molar refractivity (Wildman–Crippen MR) is 145 cm³/mol. The lowest BCUT2D eigenvalue weighted by Crippen LogP contribution is -2.26. The van der Waals surface area contributed by atoms with Crippen LogP contribution >= 0.6 is 0 Å². The molecule has 3 nitrogen and oxygen atoms in total. The number of phenolic OH excluding ortho intramolecular Hbond substituents is 1. The number of nitrogens with zero attached hydrogens (tertiary/aromatic N) is 1. The molecular weight excluding hydrogens is 449 g/mol. The van der Waals surface area contributed by atoms with Crippen LogP contribution in [0, 0.1) is 13.8 Å². The maximum absolute atomic E-state index is 12.5. The van der Waals surface area contributed by atoms with Gasteiger partial charge in [-0.25, -0.2) is 0 Å². The molecular formula is C32H36FNO2.